The Morgan fingerprint density at radius 1 is 1.07 bits per heavy atom. The number of pyridine rings is 2. The largest absolute Gasteiger partial charge is 0.433 e. The zero-order chi connectivity index (χ0) is 29.2. The Labute approximate surface area is 229 Å². The highest BCUT2D eigenvalue weighted by atomic mass is 35.5. The lowest BCUT2D eigenvalue weighted by Gasteiger charge is -2.14. The van der Waals surface area contributed by atoms with Crippen molar-refractivity contribution >= 4 is 34.9 Å². The molecule has 4 aromatic rings. The molecule has 1 aromatic carbocycles. The molecule has 10 nitrogen and oxygen atoms in total. The first kappa shape index (κ1) is 27.9. The van der Waals surface area contributed by atoms with E-state index in [1.165, 1.54) is 37.5 Å². The molecular formula is C26H17ClF3N7O3. The molecule has 202 valence electrons. The van der Waals surface area contributed by atoms with E-state index in [1.54, 1.807) is 6.92 Å². The van der Waals surface area contributed by atoms with Gasteiger partial charge in [0.15, 0.2) is 5.82 Å². The van der Waals surface area contributed by atoms with Crippen molar-refractivity contribution in [1.82, 2.24) is 25.1 Å². The first-order valence-electron chi connectivity index (χ1n) is 11.3. The number of halogens is 4. The fourth-order valence-corrected chi connectivity index (χ4v) is 3.90. The van der Waals surface area contributed by atoms with Gasteiger partial charge in [0.1, 0.15) is 17.1 Å². The third-order valence-corrected chi connectivity index (χ3v) is 5.90. The Balaban J connectivity index is 1.80. The van der Waals surface area contributed by atoms with Gasteiger partial charge >= 0.3 is 6.18 Å². The third-order valence-electron chi connectivity index (χ3n) is 5.61. The van der Waals surface area contributed by atoms with E-state index in [0.29, 0.717) is 11.6 Å². The zero-order valence-electron chi connectivity index (χ0n) is 20.7. The highest BCUT2D eigenvalue weighted by molar-refractivity contribution is 6.32. The number of ketones is 1. The molecule has 0 saturated heterocycles. The molecule has 2 N–H and O–H groups in total. The Kier molecular flexibility index (Phi) is 7.65. The quantitative estimate of drug-likeness (QED) is 0.330. The summed E-state index contributed by atoms with van der Waals surface area (Å²) < 4.78 is 39.7. The van der Waals surface area contributed by atoms with Crippen molar-refractivity contribution in [2.75, 3.05) is 12.4 Å². The Hall–Kier alpha value is -5.09. The maximum absolute atomic E-state index is 13.5. The van der Waals surface area contributed by atoms with Gasteiger partial charge in [-0.3, -0.25) is 19.4 Å². The molecule has 3 aromatic heterocycles. The topological polar surface area (TPSA) is 143 Å². The van der Waals surface area contributed by atoms with Crippen LogP contribution in [0.2, 0.25) is 5.02 Å². The predicted octanol–water partition coefficient (Wildman–Crippen LogP) is 4.36. The second-order valence-electron chi connectivity index (χ2n) is 8.26. The van der Waals surface area contributed by atoms with E-state index in [-0.39, 0.29) is 44.6 Å². The Morgan fingerprint density at radius 2 is 1.82 bits per heavy atom. The summed E-state index contributed by atoms with van der Waals surface area (Å²) >= 11 is 6.27. The van der Waals surface area contributed by atoms with Gasteiger partial charge in [-0.1, -0.05) is 11.6 Å². The molecule has 0 unspecified atom stereocenters. The highest BCUT2D eigenvalue weighted by Gasteiger charge is 2.32. The van der Waals surface area contributed by atoms with Crippen LogP contribution < -0.4 is 10.6 Å². The smallest absolute Gasteiger partial charge is 0.355 e. The number of amides is 2. The van der Waals surface area contributed by atoms with Crippen molar-refractivity contribution in [3.8, 4) is 11.9 Å². The SMILES string of the molecule is CNC(=O)c1cc(C#N)cc(C)c1NC(=O)c1cc(C(=O)c2ccc(C(F)(F)F)nc2)nn1-c1ncccc1Cl. The molecule has 0 aliphatic rings. The number of rotatable bonds is 6. The van der Waals surface area contributed by atoms with Gasteiger partial charge in [-0.2, -0.15) is 23.5 Å². The average Bonchev–Trinajstić information content (AvgIpc) is 3.38. The van der Waals surface area contributed by atoms with Crippen LogP contribution in [0.1, 0.15) is 53.7 Å². The minimum absolute atomic E-state index is 0.0120. The summed E-state index contributed by atoms with van der Waals surface area (Å²) in [5.74, 6) is -2.22. The van der Waals surface area contributed by atoms with Gasteiger partial charge in [-0.05, 0) is 48.9 Å². The van der Waals surface area contributed by atoms with Crippen LogP contribution in [0.3, 0.4) is 0 Å². The third kappa shape index (κ3) is 5.52. The van der Waals surface area contributed by atoms with Gasteiger partial charge in [-0.15, -0.1) is 0 Å². The lowest BCUT2D eigenvalue weighted by Crippen LogP contribution is -2.24. The van der Waals surface area contributed by atoms with Gasteiger partial charge in [0, 0.05) is 31.1 Å². The fraction of sp³-hybridized carbons (Fsp3) is 0.115. The Bertz CT molecular complexity index is 1690. The van der Waals surface area contributed by atoms with Gasteiger partial charge < -0.3 is 10.6 Å². The molecule has 0 saturated carbocycles. The number of benzene rings is 1. The molecule has 0 spiro atoms. The molecule has 0 fully saturated rings. The number of nitriles is 1. The van der Waals surface area contributed by atoms with Crippen LogP contribution in [0, 0.1) is 18.3 Å². The predicted molar refractivity (Wildman–Crippen MR) is 136 cm³/mol. The van der Waals surface area contributed by atoms with Crippen molar-refractivity contribution in [3.63, 3.8) is 0 Å². The number of aryl methyl sites for hydroxylation is 1. The highest BCUT2D eigenvalue weighted by Crippen LogP contribution is 2.28. The maximum Gasteiger partial charge on any atom is 0.433 e. The van der Waals surface area contributed by atoms with Crippen molar-refractivity contribution < 1.29 is 27.6 Å². The van der Waals surface area contributed by atoms with Crippen LogP contribution >= 0.6 is 11.6 Å². The number of carbonyl (C=O) groups is 3. The van der Waals surface area contributed by atoms with Gasteiger partial charge in [0.05, 0.1) is 27.9 Å². The first-order chi connectivity index (χ1) is 18.9. The number of alkyl halides is 3. The van der Waals surface area contributed by atoms with Crippen molar-refractivity contribution in [2.45, 2.75) is 13.1 Å². The van der Waals surface area contributed by atoms with Gasteiger partial charge in [-0.25, -0.2) is 9.67 Å². The van der Waals surface area contributed by atoms with Crippen LogP contribution in [0.25, 0.3) is 5.82 Å². The second-order valence-corrected chi connectivity index (χ2v) is 8.66. The molecule has 0 bridgehead atoms. The van der Waals surface area contributed by atoms with Crippen LogP contribution in [0.4, 0.5) is 18.9 Å². The van der Waals surface area contributed by atoms with Gasteiger partial charge in [0.2, 0.25) is 5.78 Å². The average molecular weight is 568 g/mol. The lowest BCUT2D eigenvalue weighted by molar-refractivity contribution is -0.141. The van der Waals surface area contributed by atoms with E-state index < -0.39 is 29.5 Å². The molecule has 0 aliphatic heterocycles. The normalized spacial score (nSPS) is 11.0. The van der Waals surface area contributed by atoms with Crippen molar-refractivity contribution in [1.29, 1.82) is 5.26 Å². The number of hydrogen-bond donors (Lipinski definition) is 2. The summed E-state index contributed by atoms with van der Waals surface area (Å²) in [6.07, 6.45) is -2.56. The minimum atomic E-state index is -4.69. The number of nitrogens with zero attached hydrogens (tertiary/aromatic N) is 5. The van der Waals surface area contributed by atoms with Gasteiger partial charge in [0.25, 0.3) is 11.8 Å². The van der Waals surface area contributed by atoms with E-state index in [4.69, 9.17) is 11.6 Å². The van der Waals surface area contributed by atoms with E-state index in [2.05, 4.69) is 25.7 Å². The molecule has 0 aliphatic carbocycles. The van der Waals surface area contributed by atoms with E-state index in [9.17, 15) is 32.8 Å². The molecule has 3 heterocycles. The van der Waals surface area contributed by atoms with Crippen molar-refractivity contribution in [3.05, 3.63) is 99.2 Å². The fourth-order valence-electron chi connectivity index (χ4n) is 3.70. The number of hydrogen-bond acceptors (Lipinski definition) is 7. The maximum atomic E-state index is 13.5. The van der Waals surface area contributed by atoms with E-state index >= 15 is 0 Å². The summed E-state index contributed by atoms with van der Waals surface area (Å²) in [5, 5.41) is 18.6. The van der Waals surface area contributed by atoms with Crippen LogP contribution in [-0.2, 0) is 6.18 Å². The summed E-state index contributed by atoms with van der Waals surface area (Å²) in [6, 6.07) is 10.4. The summed E-state index contributed by atoms with van der Waals surface area (Å²) in [6.45, 7) is 1.59. The monoisotopic (exact) mass is 567 g/mol. The molecule has 40 heavy (non-hydrogen) atoms. The minimum Gasteiger partial charge on any atom is -0.355 e. The van der Waals surface area contributed by atoms with Crippen LogP contribution in [0.5, 0.6) is 0 Å². The summed E-state index contributed by atoms with van der Waals surface area (Å²) in [7, 11) is 1.38. The zero-order valence-corrected chi connectivity index (χ0v) is 21.4. The number of carbonyl (C=O) groups excluding carboxylic acids is 3. The molecule has 14 heteroatoms. The van der Waals surface area contributed by atoms with Crippen molar-refractivity contribution in [2.24, 2.45) is 0 Å². The summed E-state index contributed by atoms with van der Waals surface area (Å²) in [4.78, 5) is 46.6. The summed E-state index contributed by atoms with van der Waals surface area (Å²) in [5.41, 5.74) is -1.21. The standard InChI is InChI=1S/C26H17ClF3N7O3/c1-13-8-14(11-31)9-16(24(39)32-2)21(13)35-25(40)19-10-18(36-37(19)23-17(27)4-3-7-33-23)22(38)15-5-6-20(34-12-15)26(28,29)30/h3-10,12H,1-2H3,(H,32,39)(H,35,40). The molecule has 2 amide bonds. The molecule has 0 radical (unpaired) electrons. The second kappa shape index (κ2) is 11.0. The van der Waals surface area contributed by atoms with Crippen LogP contribution in [-0.4, -0.2) is 44.4 Å². The number of aromatic nitrogens is 4. The van der Waals surface area contributed by atoms with E-state index in [0.717, 1.165) is 23.0 Å². The first-order valence-corrected chi connectivity index (χ1v) is 11.7. The molecular weight excluding hydrogens is 551 g/mol. The molecule has 4 rings (SSSR count). The van der Waals surface area contributed by atoms with Crippen LogP contribution in [0.15, 0.2) is 54.9 Å². The number of nitrogens with one attached hydrogen (secondary N) is 2. The Morgan fingerprint density at radius 3 is 2.42 bits per heavy atom. The number of anilines is 1. The van der Waals surface area contributed by atoms with E-state index in [1.807, 2.05) is 6.07 Å². The lowest BCUT2D eigenvalue weighted by atomic mass is 10.0. The molecule has 0 atom stereocenters.